The SMILES string of the molecule is Cc1ccccc1OCCC(=O)N[C@H](CO)C(=O)O. The lowest BCUT2D eigenvalue weighted by atomic mass is 10.2. The van der Waals surface area contributed by atoms with E-state index in [0.29, 0.717) is 5.75 Å². The van der Waals surface area contributed by atoms with Gasteiger partial charge in [-0.1, -0.05) is 18.2 Å². The van der Waals surface area contributed by atoms with E-state index in [1.54, 1.807) is 6.07 Å². The van der Waals surface area contributed by atoms with Gasteiger partial charge in [0.15, 0.2) is 0 Å². The maximum atomic E-state index is 11.4. The number of carboxylic acid groups (broad SMARTS) is 1. The number of aliphatic carboxylic acids is 1. The third-order valence-corrected chi connectivity index (χ3v) is 2.50. The van der Waals surface area contributed by atoms with Crippen molar-refractivity contribution in [2.45, 2.75) is 19.4 Å². The van der Waals surface area contributed by atoms with Gasteiger partial charge in [-0.3, -0.25) is 4.79 Å². The van der Waals surface area contributed by atoms with Crippen LogP contribution in [0.5, 0.6) is 5.75 Å². The Kier molecular flexibility index (Phi) is 5.81. The molecule has 0 aliphatic rings. The lowest BCUT2D eigenvalue weighted by Gasteiger charge is -2.12. The largest absolute Gasteiger partial charge is 0.493 e. The highest BCUT2D eigenvalue weighted by Gasteiger charge is 2.18. The smallest absolute Gasteiger partial charge is 0.328 e. The molecule has 0 saturated carbocycles. The van der Waals surface area contributed by atoms with Gasteiger partial charge in [-0.05, 0) is 18.6 Å². The van der Waals surface area contributed by atoms with Crippen molar-refractivity contribution in [1.82, 2.24) is 5.32 Å². The molecule has 6 heteroatoms. The van der Waals surface area contributed by atoms with Crippen molar-refractivity contribution in [2.24, 2.45) is 0 Å². The van der Waals surface area contributed by atoms with Crippen LogP contribution in [0.4, 0.5) is 0 Å². The molecule has 0 aromatic heterocycles. The molecule has 1 aromatic rings. The highest BCUT2D eigenvalue weighted by Crippen LogP contribution is 2.16. The molecule has 3 N–H and O–H groups in total. The number of aliphatic hydroxyl groups is 1. The molecule has 0 unspecified atom stereocenters. The second kappa shape index (κ2) is 7.38. The fourth-order valence-electron chi connectivity index (χ4n) is 1.42. The summed E-state index contributed by atoms with van der Waals surface area (Å²) in [5.74, 6) is -1.06. The molecule has 19 heavy (non-hydrogen) atoms. The third-order valence-electron chi connectivity index (χ3n) is 2.50. The molecule has 0 saturated heterocycles. The van der Waals surface area contributed by atoms with Crippen LogP contribution in [0.25, 0.3) is 0 Å². The Labute approximate surface area is 111 Å². The standard InChI is InChI=1S/C13H17NO5/c1-9-4-2-3-5-11(9)19-7-6-12(16)14-10(8-15)13(17)18/h2-5,10,15H,6-8H2,1H3,(H,14,16)(H,17,18)/t10-/m1/s1. The van der Waals surface area contributed by atoms with E-state index in [1.807, 2.05) is 25.1 Å². The Hall–Kier alpha value is -2.08. The number of aryl methyl sites for hydroxylation is 1. The van der Waals surface area contributed by atoms with E-state index in [2.05, 4.69) is 5.32 Å². The van der Waals surface area contributed by atoms with Gasteiger partial charge in [0.05, 0.1) is 19.6 Å². The highest BCUT2D eigenvalue weighted by atomic mass is 16.5. The molecule has 0 heterocycles. The van der Waals surface area contributed by atoms with Crippen molar-refractivity contribution in [3.63, 3.8) is 0 Å². The van der Waals surface area contributed by atoms with Crippen molar-refractivity contribution < 1.29 is 24.5 Å². The first-order chi connectivity index (χ1) is 9.04. The summed E-state index contributed by atoms with van der Waals surface area (Å²) in [6.45, 7) is 1.40. The van der Waals surface area contributed by atoms with Gasteiger partial charge in [-0.2, -0.15) is 0 Å². The second-order valence-electron chi connectivity index (χ2n) is 4.00. The monoisotopic (exact) mass is 267 g/mol. The van der Waals surface area contributed by atoms with Gasteiger partial charge < -0.3 is 20.3 Å². The zero-order valence-corrected chi connectivity index (χ0v) is 10.6. The Balaban J connectivity index is 2.35. The summed E-state index contributed by atoms with van der Waals surface area (Å²) in [4.78, 5) is 22.0. The van der Waals surface area contributed by atoms with E-state index in [1.165, 1.54) is 0 Å². The molecule has 104 valence electrons. The molecule has 0 spiro atoms. The van der Waals surface area contributed by atoms with E-state index in [4.69, 9.17) is 14.9 Å². The number of rotatable bonds is 7. The molecule has 1 amide bonds. The first-order valence-corrected chi connectivity index (χ1v) is 5.86. The number of hydrogen-bond acceptors (Lipinski definition) is 4. The molecule has 0 fully saturated rings. The molecule has 1 aromatic carbocycles. The van der Waals surface area contributed by atoms with Gasteiger partial charge in [0.1, 0.15) is 11.8 Å². The lowest BCUT2D eigenvalue weighted by Crippen LogP contribution is -2.43. The fraction of sp³-hybridized carbons (Fsp3) is 0.385. The van der Waals surface area contributed by atoms with Crippen LogP contribution in [0, 0.1) is 6.92 Å². The predicted octanol–water partition coefficient (Wildman–Crippen LogP) is 0.326. The molecular weight excluding hydrogens is 250 g/mol. The number of carbonyl (C=O) groups excluding carboxylic acids is 1. The zero-order valence-electron chi connectivity index (χ0n) is 10.6. The van der Waals surface area contributed by atoms with E-state index >= 15 is 0 Å². The maximum absolute atomic E-state index is 11.4. The van der Waals surface area contributed by atoms with Crippen LogP contribution in [0.1, 0.15) is 12.0 Å². The molecule has 0 aliphatic carbocycles. The summed E-state index contributed by atoms with van der Waals surface area (Å²) in [7, 11) is 0. The van der Waals surface area contributed by atoms with Gasteiger partial charge in [0, 0.05) is 0 Å². The summed E-state index contributed by atoms with van der Waals surface area (Å²) in [5, 5.41) is 19.6. The van der Waals surface area contributed by atoms with Crippen molar-refractivity contribution in [3.8, 4) is 5.75 Å². The topological polar surface area (TPSA) is 95.9 Å². The van der Waals surface area contributed by atoms with Crippen molar-refractivity contribution >= 4 is 11.9 Å². The molecule has 1 atom stereocenters. The normalized spacial score (nSPS) is 11.7. The quantitative estimate of drug-likeness (QED) is 0.661. The van der Waals surface area contributed by atoms with E-state index in [9.17, 15) is 9.59 Å². The average molecular weight is 267 g/mol. The fourth-order valence-corrected chi connectivity index (χ4v) is 1.42. The summed E-state index contributed by atoms with van der Waals surface area (Å²) < 4.78 is 5.41. The number of para-hydroxylation sites is 1. The second-order valence-corrected chi connectivity index (χ2v) is 4.00. The first kappa shape index (κ1) is 15.0. The number of hydrogen-bond donors (Lipinski definition) is 3. The molecule has 1 rings (SSSR count). The van der Waals surface area contributed by atoms with Crippen LogP contribution >= 0.6 is 0 Å². The molecular formula is C13H17NO5. The highest BCUT2D eigenvalue weighted by molar-refractivity contribution is 5.83. The number of ether oxygens (including phenoxy) is 1. The summed E-state index contributed by atoms with van der Waals surface area (Å²) >= 11 is 0. The van der Waals surface area contributed by atoms with Gasteiger partial charge in [-0.15, -0.1) is 0 Å². The van der Waals surface area contributed by atoms with Crippen LogP contribution in [0.3, 0.4) is 0 Å². The van der Waals surface area contributed by atoms with Crippen molar-refractivity contribution in [3.05, 3.63) is 29.8 Å². The number of carboxylic acids is 1. The molecule has 6 nitrogen and oxygen atoms in total. The maximum Gasteiger partial charge on any atom is 0.328 e. The van der Waals surface area contributed by atoms with Gasteiger partial charge in [-0.25, -0.2) is 4.79 Å². The molecule has 0 radical (unpaired) electrons. The van der Waals surface area contributed by atoms with Gasteiger partial charge in [0.2, 0.25) is 5.91 Å². The van der Waals surface area contributed by atoms with Crippen LogP contribution in [0.2, 0.25) is 0 Å². The van der Waals surface area contributed by atoms with E-state index in [-0.39, 0.29) is 13.0 Å². The van der Waals surface area contributed by atoms with Crippen LogP contribution in [0.15, 0.2) is 24.3 Å². The zero-order chi connectivity index (χ0) is 14.3. The Morgan fingerprint density at radius 1 is 1.37 bits per heavy atom. The Morgan fingerprint density at radius 2 is 2.05 bits per heavy atom. The van der Waals surface area contributed by atoms with E-state index in [0.717, 1.165) is 5.56 Å². The number of carbonyl (C=O) groups is 2. The van der Waals surface area contributed by atoms with Crippen LogP contribution < -0.4 is 10.1 Å². The third kappa shape index (κ3) is 4.97. The number of aliphatic hydroxyl groups excluding tert-OH is 1. The number of nitrogens with one attached hydrogen (secondary N) is 1. The van der Waals surface area contributed by atoms with Crippen molar-refractivity contribution in [2.75, 3.05) is 13.2 Å². The molecule has 0 bridgehead atoms. The first-order valence-electron chi connectivity index (χ1n) is 5.86. The van der Waals surface area contributed by atoms with E-state index < -0.39 is 24.5 Å². The average Bonchev–Trinajstić information content (AvgIpc) is 2.38. The van der Waals surface area contributed by atoms with Crippen molar-refractivity contribution in [1.29, 1.82) is 0 Å². The Morgan fingerprint density at radius 3 is 2.63 bits per heavy atom. The van der Waals surface area contributed by atoms with Crippen LogP contribution in [-0.4, -0.2) is 41.3 Å². The summed E-state index contributed by atoms with van der Waals surface area (Å²) in [5.41, 5.74) is 0.960. The van der Waals surface area contributed by atoms with Crippen LogP contribution in [-0.2, 0) is 9.59 Å². The van der Waals surface area contributed by atoms with Gasteiger partial charge >= 0.3 is 5.97 Å². The number of amides is 1. The minimum absolute atomic E-state index is 0.0259. The van der Waals surface area contributed by atoms with Gasteiger partial charge in [0.25, 0.3) is 0 Å². The summed E-state index contributed by atoms with van der Waals surface area (Å²) in [6.07, 6.45) is 0.0259. The summed E-state index contributed by atoms with van der Waals surface area (Å²) in [6, 6.07) is 6.12. The lowest BCUT2D eigenvalue weighted by molar-refractivity contribution is -0.143. The molecule has 0 aliphatic heterocycles. The number of benzene rings is 1. The minimum Gasteiger partial charge on any atom is -0.493 e. The Bertz CT molecular complexity index is 446. The minimum atomic E-state index is -1.27. The predicted molar refractivity (Wildman–Crippen MR) is 67.9 cm³/mol.